The number of rotatable bonds is 6. The van der Waals surface area contributed by atoms with E-state index in [2.05, 4.69) is 0 Å². The molecule has 5 heteroatoms. The minimum atomic E-state index is -1.48. The Labute approximate surface area is 123 Å². The van der Waals surface area contributed by atoms with E-state index in [4.69, 9.17) is 10.2 Å². The Morgan fingerprint density at radius 1 is 1.00 bits per heavy atom. The number of carboxylic acids is 2. The summed E-state index contributed by atoms with van der Waals surface area (Å²) in [5.41, 5.74) is 2.05. The van der Waals surface area contributed by atoms with Crippen LogP contribution in [-0.2, 0) is 9.59 Å². The number of carboxylic acid groups (broad SMARTS) is 2. The molecule has 110 valence electrons. The standard InChI is InChI=1S/C15H20O4S/c1-8(2)10-5-6-11(9(3)4)12(7-10)20-13(14(16)17)15(18)19/h5-9,13H,1-4H3,(H,16,17)(H,18,19). The molecule has 0 heterocycles. The molecule has 0 spiro atoms. The summed E-state index contributed by atoms with van der Waals surface area (Å²) in [5.74, 6) is -2.13. The summed E-state index contributed by atoms with van der Waals surface area (Å²) in [6.07, 6.45) is 0. The molecule has 0 bridgehead atoms. The van der Waals surface area contributed by atoms with Gasteiger partial charge in [-0.15, -0.1) is 0 Å². The summed E-state index contributed by atoms with van der Waals surface area (Å²) in [5, 5.41) is 16.5. The second-order valence-electron chi connectivity index (χ2n) is 5.28. The van der Waals surface area contributed by atoms with Crippen LogP contribution in [0.1, 0.15) is 50.7 Å². The normalized spacial score (nSPS) is 11.3. The molecule has 2 N–H and O–H groups in total. The average Bonchev–Trinajstić information content (AvgIpc) is 2.34. The van der Waals surface area contributed by atoms with Crippen LogP contribution in [0.15, 0.2) is 23.1 Å². The fourth-order valence-electron chi connectivity index (χ4n) is 1.82. The van der Waals surface area contributed by atoms with E-state index in [0.717, 1.165) is 27.8 Å². The molecule has 0 aliphatic carbocycles. The van der Waals surface area contributed by atoms with Gasteiger partial charge < -0.3 is 10.2 Å². The minimum absolute atomic E-state index is 0.210. The molecule has 20 heavy (non-hydrogen) atoms. The molecule has 0 aromatic heterocycles. The molecule has 0 amide bonds. The SMILES string of the molecule is CC(C)c1ccc(C(C)C)c(SC(C(=O)O)C(=O)O)c1. The van der Waals surface area contributed by atoms with Crippen LogP contribution in [0, 0.1) is 0 Å². The van der Waals surface area contributed by atoms with Gasteiger partial charge in [-0.3, -0.25) is 9.59 Å². The van der Waals surface area contributed by atoms with E-state index in [1.165, 1.54) is 0 Å². The molecular weight excluding hydrogens is 276 g/mol. The lowest BCUT2D eigenvalue weighted by Crippen LogP contribution is -2.26. The molecule has 0 aliphatic heterocycles. The number of hydrogen-bond acceptors (Lipinski definition) is 3. The maximum atomic E-state index is 11.0. The summed E-state index contributed by atoms with van der Waals surface area (Å²) in [7, 11) is 0. The summed E-state index contributed by atoms with van der Waals surface area (Å²) in [4.78, 5) is 22.8. The lowest BCUT2D eigenvalue weighted by molar-refractivity contribution is -0.146. The van der Waals surface area contributed by atoms with Gasteiger partial charge in [0, 0.05) is 4.90 Å². The lowest BCUT2D eigenvalue weighted by atomic mass is 9.97. The number of carbonyl (C=O) groups is 2. The van der Waals surface area contributed by atoms with Crippen molar-refractivity contribution in [1.82, 2.24) is 0 Å². The molecule has 0 saturated heterocycles. The predicted octanol–water partition coefficient (Wildman–Crippen LogP) is 3.56. The van der Waals surface area contributed by atoms with Crippen molar-refractivity contribution in [2.24, 2.45) is 0 Å². The third-order valence-corrected chi connectivity index (χ3v) is 4.27. The largest absolute Gasteiger partial charge is 0.480 e. The quantitative estimate of drug-likeness (QED) is 0.620. The molecule has 4 nitrogen and oxygen atoms in total. The predicted molar refractivity (Wildman–Crippen MR) is 79.5 cm³/mol. The van der Waals surface area contributed by atoms with Crippen molar-refractivity contribution in [3.63, 3.8) is 0 Å². The van der Waals surface area contributed by atoms with E-state index in [1.807, 2.05) is 45.9 Å². The first-order chi connectivity index (χ1) is 9.23. The van der Waals surface area contributed by atoms with Gasteiger partial charge in [0.1, 0.15) is 0 Å². The summed E-state index contributed by atoms with van der Waals surface area (Å²) >= 11 is 0.892. The average molecular weight is 296 g/mol. The molecule has 1 aromatic rings. The highest BCUT2D eigenvalue weighted by molar-refractivity contribution is 8.01. The van der Waals surface area contributed by atoms with Crippen molar-refractivity contribution in [3.05, 3.63) is 29.3 Å². The maximum absolute atomic E-state index is 11.0. The van der Waals surface area contributed by atoms with Crippen LogP contribution >= 0.6 is 11.8 Å². The van der Waals surface area contributed by atoms with Crippen LogP contribution < -0.4 is 0 Å². The van der Waals surface area contributed by atoms with Gasteiger partial charge in [0.05, 0.1) is 0 Å². The minimum Gasteiger partial charge on any atom is -0.480 e. The molecular formula is C15H20O4S. The number of hydrogen-bond donors (Lipinski definition) is 2. The first-order valence-electron chi connectivity index (χ1n) is 6.50. The van der Waals surface area contributed by atoms with Crippen molar-refractivity contribution in [1.29, 1.82) is 0 Å². The van der Waals surface area contributed by atoms with Gasteiger partial charge in [-0.25, -0.2) is 0 Å². The van der Waals surface area contributed by atoms with Crippen molar-refractivity contribution < 1.29 is 19.8 Å². The van der Waals surface area contributed by atoms with Crippen LogP contribution in [0.25, 0.3) is 0 Å². The van der Waals surface area contributed by atoms with E-state index >= 15 is 0 Å². The lowest BCUT2D eigenvalue weighted by Gasteiger charge is -2.17. The van der Waals surface area contributed by atoms with E-state index in [9.17, 15) is 9.59 Å². The molecule has 0 radical (unpaired) electrons. The molecule has 0 saturated carbocycles. The summed E-state index contributed by atoms with van der Waals surface area (Å²) in [6, 6.07) is 5.88. The van der Waals surface area contributed by atoms with E-state index < -0.39 is 17.2 Å². The Hall–Kier alpha value is -1.49. The maximum Gasteiger partial charge on any atom is 0.328 e. The van der Waals surface area contributed by atoms with Gasteiger partial charge in [0.2, 0.25) is 5.25 Å². The second kappa shape index (κ2) is 6.79. The molecule has 0 fully saturated rings. The van der Waals surface area contributed by atoms with Crippen LogP contribution in [0.2, 0.25) is 0 Å². The topological polar surface area (TPSA) is 74.6 Å². The van der Waals surface area contributed by atoms with E-state index in [-0.39, 0.29) is 5.92 Å². The summed E-state index contributed by atoms with van der Waals surface area (Å²) in [6.45, 7) is 8.10. The number of benzene rings is 1. The Balaban J connectivity index is 3.21. The van der Waals surface area contributed by atoms with Crippen LogP contribution in [0.5, 0.6) is 0 Å². The Morgan fingerprint density at radius 3 is 1.95 bits per heavy atom. The van der Waals surface area contributed by atoms with Crippen molar-refractivity contribution in [2.45, 2.75) is 49.7 Å². The highest BCUT2D eigenvalue weighted by atomic mass is 32.2. The van der Waals surface area contributed by atoms with Gasteiger partial charge in [0.15, 0.2) is 0 Å². The third-order valence-electron chi connectivity index (χ3n) is 3.02. The molecule has 0 atom stereocenters. The Bertz CT molecular complexity index is 495. The second-order valence-corrected chi connectivity index (χ2v) is 6.43. The molecule has 0 unspecified atom stereocenters. The molecule has 0 aliphatic rings. The van der Waals surface area contributed by atoms with Crippen LogP contribution in [0.4, 0.5) is 0 Å². The summed E-state index contributed by atoms with van der Waals surface area (Å²) < 4.78 is 0. The van der Waals surface area contributed by atoms with Gasteiger partial charge in [-0.2, -0.15) is 0 Å². The zero-order valence-corrected chi connectivity index (χ0v) is 12.9. The first-order valence-corrected chi connectivity index (χ1v) is 7.38. The zero-order valence-electron chi connectivity index (χ0n) is 12.1. The fraction of sp³-hybridized carbons (Fsp3) is 0.467. The number of aliphatic carboxylic acids is 2. The van der Waals surface area contributed by atoms with Crippen molar-refractivity contribution in [3.8, 4) is 0 Å². The Kier molecular flexibility index (Phi) is 5.62. The smallest absolute Gasteiger partial charge is 0.328 e. The van der Waals surface area contributed by atoms with Crippen molar-refractivity contribution in [2.75, 3.05) is 0 Å². The van der Waals surface area contributed by atoms with E-state index in [0.29, 0.717) is 5.92 Å². The monoisotopic (exact) mass is 296 g/mol. The van der Waals surface area contributed by atoms with Crippen molar-refractivity contribution >= 4 is 23.7 Å². The van der Waals surface area contributed by atoms with Crippen LogP contribution in [-0.4, -0.2) is 27.4 Å². The highest BCUT2D eigenvalue weighted by Crippen LogP contribution is 2.34. The van der Waals surface area contributed by atoms with Gasteiger partial charge in [-0.05, 0) is 29.0 Å². The molecule has 1 rings (SSSR count). The van der Waals surface area contributed by atoms with Gasteiger partial charge in [0.25, 0.3) is 0 Å². The zero-order chi connectivity index (χ0) is 15.4. The number of thioether (sulfide) groups is 1. The third kappa shape index (κ3) is 4.00. The Morgan fingerprint density at radius 2 is 1.55 bits per heavy atom. The first kappa shape index (κ1) is 16.6. The van der Waals surface area contributed by atoms with Crippen LogP contribution in [0.3, 0.4) is 0 Å². The highest BCUT2D eigenvalue weighted by Gasteiger charge is 2.28. The van der Waals surface area contributed by atoms with Gasteiger partial charge >= 0.3 is 11.9 Å². The van der Waals surface area contributed by atoms with E-state index in [1.54, 1.807) is 0 Å². The fourth-order valence-corrected chi connectivity index (χ4v) is 2.92. The van der Waals surface area contributed by atoms with Gasteiger partial charge in [-0.1, -0.05) is 51.6 Å². The molecule has 1 aromatic carbocycles.